The average Bonchev–Trinajstić information content (AvgIpc) is 3.73. The molecule has 0 unspecified atom stereocenters. The third kappa shape index (κ3) is 4.88. The monoisotopic (exact) mass is 703 g/mol. The van der Waals surface area contributed by atoms with Crippen molar-refractivity contribution in [2.75, 3.05) is 4.90 Å². The molecule has 260 valence electrons. The summed E-state index contributed by atoms with van der Waals surface area (Å²) in [7, 11) is 0. The molecule has 0 radical (unpaired) electrons. The van der Waals surface area contributed by atoms with Gasteiger partial charge < -0.3 is 9.32 Å². The SMILES string of the molecule is CC1(C)c2cc(-c3cccc4c3oc3ccccc34)ccc2-c2ccc(N(c3ccc(-c4ccccc4)cc3)c3cc4ccccc4c4ccccc34)cc21. The van der Waals surface area contributed by atoms with E-state index in [1.807, 2.05) is 6.07 Å². The van der Waals surface area contributed by atoms with E-state index in [1.54, 1.807) is 0 Å². The summed E-state index contributed by atoms with van der Waals surface area (Å²) in [6.07, 6.45) is 0. The molecule has 11 rings (SSSR count). The van der Waals surface area contributed by atoms with Crippen molar-refractivity contribution in [1.29, 1.82) is 0 Å². The first kappa shape index (κ1) is 31.6. The molecular formula is C53H37NO. The second-order valence-corrected chi connectivity index (χ2v) is 15.3. The van der Waals surface area contributed by atoms with Gasteiger partial charge in [-0.25, -0.2) is 0 Å². The van der Waals surface area contributed by atoms with Gasteiger partial charge >= 0.3 is 0 Å². The molecule has 9 aromatic carbocycles. The number of rotatable bonds is 5. The van der Waals surface area contributed by atoms with Gasteiger partial charge in [0, 0.05) is 38.5 Å². The van der Waals surface area contributed by atoms with Gasteiger partial charge in [-0.1, -0.05) is 159 Å². The summed E-state index contributed by atoms with van der Waals surface area (Å²) in [5.41, 5.74) is 15.0. The topological polar surface area (TPSA) is 16.4 Å². The number of para-hydroxylation sites is 2. The lowest BCUT2D eigenvalue weighted by Crippen LogP contribution is -2.17. The second-order valence-electron chi connectivity index (χ2n) is 15.3. The first-order chi connectivity index (χ1) is 27.0. The molecule has 0 spiro atoms. The molecule has 1 aliphatic rings. The molecule has 1 aliphatic carbocycles. The van der Waals surface area contributed by atoms with E-state index in [0.29, 0.717) is 0 Å². The summed E-state index contributed by atoms with van der Waals surface area (Å²) < 4.78 is 6.48. The summed E-state index contributed by atoms with van der Waals surface area (Å²) in [6.45, 7) is 4.74. The Morgan fingerprint density at radius 1 is 0.400 bits per heavy atom. The Labute approximate surface area is 320 Å². The highest BCUT2D eigenvalue weighted by atomic mass is 16.3. The lowest BCUT2D eigenvalue weighted by atomic mass is 9.81. The van der Waals surface area contributed by atoms with Gasteiger partial charge in [0.15, 0.2) is 0 Å². The minimum atomic E-state index is -0.229. The van der Waals surface area contributed by atoms with Crippen LogP contribution in [0.4, 0.5) is 17.1 Å². The molecule has 2 heteroatoms. The second kappa shape index (κ2) is 12.1. The van der Waals surface area contributed by atoms with Gasteiger partial charge in [0.2, 0.25) is 0 Å². The van der Waals surface area contributed by atoms with Crippen molar-refractivity contribution in [3.63, 3.8) is 0 Å². The largest absolute Gasteiger partial charge is 0.455 e. The van der Waals surface area contributed by atoms with Gasteiger partial charge in [-0.2, -0.15) is 0 Å². The van der Waals surface area contributed by atoms with E-state index >= 15 is 0 Å². The molecule has 0 aliphatic heterocycles. The van der Waals surface area contributed by atoms with Gasteiger partial charge in [0.25, 0.3) is 0 Å². The third-order valence-corrected chi connectivity index (χ3v) is 11.9. The van der Waals surface area contributed by atoms with Crippen LogP contribution in [-0.4, -0.2) is 0 Å². The lowest BCUT2D eigenvalue weighted by Gasteiger charge is -2.29. The molecule has 0 saturated heterocycles. The van der Waals surface area contributed by atoms with Gasteiger partial charge in [-0.05, 0) is 97.6 Å². The first-order valence-electron chi connectivity index (χ1n) is 19.1. The van der Waals surface area contributed by atoms with Crippen LogP contribution in [0.1, 0.15) is 25.0 Å². The molecule has 0 saturated carbocycles. The maximum Gasteiger partial charge on any atom is 0.143 e. The van der Waals surface area contributed by atoms with Crippen molar-refractivity contribution >= 4 is 60.5 Å². The standard InChI is InChI=1S/C53H37NO/c1-53(2)48-31-37(41-20-12-21-47-46-19-10-11-22-51(46)55-52(41)47)25-29-43(48)44-30-28-39(33-49(44)53)54(38-26-23-35(24-27-38)34-13-4-3-5-14-34)50-32-36-15-6-7-16-40(36)42-17-8-9-18-45(42)50/h3-33H,1-2H3. The molecule has 55 heavy (non-hydrogen) atoms. The van der Waals surface area contributed by atoms with E-state index in [4.69, 9.17) is 4.42 Å². The normalized spacial score (nSPS) is 13.1. The molecular weight excluding hydrogens is 667 g/mol. The molecule has 1 aromatic heterocycles. The highest BCUT2D eigenvalue weighted by molar-refractivity contribution is 6.15. The Kier molecular flexibility index (Phi) is 6.93. The third-order valence-electron chi connectivity index (χ3n) is 11.9. The maximum atomic E-state index is 6.48. The zero-order chi connectivity index (χ0) is 36.7. The molecule has 10 aromatic rings. The summed E-state index contributed by atoms with van der Waals surface area (Å²) in [6, 6.07) is 68.5. The van der Waals surface area contributed by atoms with E-state index in [1.165, 1.54) is 60.5 Å². The quantitative estimate of drug-likeness (QED) is 0.166. The molecule has 0 fully saturated rings. The predicted molar refractivity (Wildman–Crippen MR) is 232 cm³/mol. The van der Waals surface area contributed by atoms with E-state index in [-0.39, 0.29) is 5.41 Å². The Balaban J connectivity index is 1.07. The van der Waals surface area contributed by atoms with E-state index in [0.717, 1.165) is 44.6 Å². The average molecular weight is 704 g/mol. The minimum absolute atomic E-state index is 0.229. The van der Waals surface area contributed by atoms with Gasteiger partial charge in [0.1, 0.15) is 11.2 Å². The highest BCUT2D eigenvalue weighted by Gasteiger charge is 2.36. The molecule has 0 amide bonds. The van der Waals surface area contributed by atoms with Gasteiger partial charge in [-0.15, -0.1) is 0 Å². The smallest absolute Gasteiger partial charge is 0.143 e. The Hall–Kier alpha value is -6.90. The van der Waals surface area contributed by atoms with Crippen molar-refractivity contribution in [3.8, 4) is 33.4 Å². The summed E-state index contributed by atoms with van der Waals surface area (Å²) in [4.78, 5) is 2.45. The van der Waals surface area contributed by atoms with Crippen molar-refractivity contribution in [1.82, 2.24) is 0 Å². The van der Waals surface area contributed by atoms with Crippen LogP contribution in [0.15, 0.2) is 192 Å². The first-order valence-corrected chi connectivity index (χ1v) is 19.1. The number of hydrogen-bond acceptors (Lipinski definition) is 2. The molecule has 2 nitrogen and oxygen atoms in total. The molecule has 0 bridgehead atoms. The van der Waals surface area contributed by atoms with Crippen molar-refractivity contribution < 1.29 is 4.42 Å². The van der Waals surface area contributed by atoms with Crippen molar-refractivity contribution in [2.45, 2.75) is 19.3 Å². The van der Waals surface area contributed by atoms with E-state index in [2.05, 4.69) is 201 Å². The fourth-order valence-corrected chi connectivity index (χ4v) is 9.09. The predicted octanol–water partition coefficient (Wildman–Crippen LogP) is 15.0. The van der Waals surface area contributed by atoms with Crippen LogP contribution in [0, 0.1) is 0 Å². The Bertz CT molecular complexity index is 3110. The van der Waals surface area contributed by atoms with Crippen LogP contribution in [0.2, 0.25) is 0 Å². The Morgan fingerprint density at radius 3 is 1.82 bits per heavy atom. The van der Waals surface area contributed by atoms with Gasteiger partial charge in [-0.3, -0.25) is 0 Å². The van der Waals surface area contributed by atoms with Crippen LogP contribution in [0.5, 0.6) is 0 Å². The lowest BCUT2D eigenvalue weighted by molar-refractivity contribution is 0.660. The van der Waals surface area contributed by atoms with Crippen LogP contribution >= 0.6 is 0 Å². The van der Waals surface area contributed by atoms with Crippen molar-refractivity contribution in [3.05, 3.63) is 199 Å². The van der Waals surface area contributed by atoms with Gasteiger partial charge in [0.05, 0.1) is 5.69 Å². The summed E-state index contributed by atoms with van der Waals surface area (Å²) in [5, 5.41) is 7.27. The Morgan fingerprint density at radius 2 is 1.00 bits per heavy atom. The number of nitrogens with zero attached hydrogens (tertiary/aromatic N) is 1. The number of furan rings is 1. The number of hydrogen-bond donors (Lipinski definition) is 0. The zero-order valence-electron chi connectivity index (χ0n) is 30.8. The number of anilines is 3. The van der Waals surface area contributed by atoms with Crippen LogP contribution in [0.25, 0.3) is 76.9 Å². The number of fused-ring (bicyclic) bond motifs is 9. The van der Waals surface area contributed by atoms with E-state index in [9.17, 15) is 0 Å². The molecule has 0 atom stereocenters. The highest BCUT2D eigenvalue weighted by Crippen LogP contribution is 2.52. The zero-order valence-corrected chi connectivity index (χ0v) is 30.8. The summed E-state index contributed by atoms with van der Waals surface area (Å²) >= 11 is 0. The number of benzene rings is 9. The van der Waals surface area contributed by atoms with E-state index < -0.39 is 0 Å². The van der Waals surface area contributed by atoms with Crippen LogP contribution in [-0.2, 0) is 5.41 Å². The van der Waals surface area contributed by atoms with Crippen molar-refractivity contribution in [2.24, 2.45) is 0 Å². The minimum Gasteiger partial charge on any atom is -0.455 e. The fourth-order valence-electron chi connectivity index (χ4n) is 9.09. The van der Waals surface area contributed by atoms with Crippen LogP contribution < -0.4 is 4.90 Å². The fraction of sp³-hybridized carbons (Fsp3) is 0.0566. The maximum absolute atomic E-state index is 6.48. The summed E-state index contributed by atoms with van der Waals surface area (Å²) in [5.74, 6) is 0. The molecule has 0 N–H and O–H groups in total. The van der Waals surface area contributed by atoms with Crippen LogP contribution in [0.3, 0.4) is 0 Å². The molecule has 1 heterocycles.